The SMILES string of the molecule is CCCCCCCCCC/C=C\CCCCCCCCCCCCCCCC(=O)NC(COC1OC(CO)C(OC2OC(CO)C(OC3OC(CO)C(O)C(O)C3O)C(O)C2O)C(O)C1O)C(O)/C=C/CC/C=C/CC/C=C/CCCCCCCCCCCCC. The third-order valence-electron chi connectivity index (χ3n) is 18.1. The Morgan fingerprint density at radius 3 is 1.10 bits per heavy atom. The van der Waals surface area contributed by atoms with E-state index in [0.29, 0.717) is 12.8 Å². The molecule has 91 heavy (non-hydrogen) atoms. The molecule has 3 heterocycles. The van der Waals surface area contributed by atoms with Gasteiger partial charge in [-0.25, -0.2) is 0 Å². The lowest BCUT2D eigenvalue weighted by molar-refractivity contribution is -0.379. The second kappa shape index (κ2) is 53.8. The van der Waals surface area contributed by atoms with Gasteiger partial charge in [-0.1, -0.05) is 242 Å². The summed E-state index contributed by atoms with van der Waals surface area (Å²) in [4.78, 5) is 13.4. The molecule has 12 N–H and O–H groups in total. The summed E-state index contributed by atoms with van der Waals surface area (Å²) >= 11 is 0. The second-order valence-corrected chi connectivity index (χ2v) is 26.0. The van der Waals surface area contributed by atoms with E-state index in [1.165, 1.54) is 193 Å². The molecule has 3 rings (SSSR count). The molecule has 17 atom stereocenters. The second-order valence-electron chi connectivity index (χ2n) is 26.0. The van der Waals surface area contributed by atoms with Gasteiger partial charge in [0.2, 0.25) is 5.91 Å². The number of ether oxygens (including phenoxy) is 6. The van der Waals surface area contributed by atoms with Crippen LogP contribution in [-0.2, 0) is 33.2 Å². The number of carbonyl (C=O) groups is 1. The van der Waals surface area contributed by atoms with Crippen molar-refractivity contribution < 1.29 is 89.4 Å². The molecule has 1 amide bonds. The van der Waals surface area contributed by atoms with E-state index in [4.69, 9.17) is 28.4 Å². The number of aliphatic hydroxyl groups is 11. The van der Waals surface area contributed by atoms with Crippen LogP contribution < -0.4 is 5.32 Å². The summed E-state index contributed by atoms with van der Waals surface area (Å²) < 4.78 is 34.4. The van der Waals surface area contributed by atoms with Gasteiger partial charge in [0.25, 0.3) is 0 Å². The maximum Gasteiger partial charge on any atom is 0.220 e. The topological polar surface area (TPSA) is 307 Å². The molecular formula is C72H131NO18. The number of allylic oxidation sites excluding steroid dienone is 7. The van der Waals surface area contributed by atoms with E-state index in [2.05, 4.69) is 55.6 Å². The minimum absolute atomic E-state index is 0.232. The predicted octanol–water partition coefficient (Wildman–Crippen LogP) is 10.2. The van der Waals surface area contributed by atoms with Crippen molar-refractivity contribution in [1.82, 2.24) is 5.32 Å². The highest BCUT2D eigenvalue weighted by Gasteiger charge is 2.53. The highest BCUT2D eigenvalue weighted by molar-refractivity contribution is 5.76. The average molecular weight is 1300 g/mol. The first-order valence-electron chi connectivity index (χ1n) is 36.4. The van der Waals surface area contributed by atoms with Gasteiger partial charge in [-0.2, -0.15) is 0 Å². The van der Waals surface area contributed by atoms with Crippen LogP contribution in [0.3, 0.4) is 0 Å². The molecule has 532 valence electrons. The van der Waals surface area contributed by atoms with Gasteiger partial charge >= 0.3 is 0 Å². The van der Waals surface area contributed by atoms with Crippen molar-refractivity contribution in [2.75, 3.05) is 26.4 Å². The number of rotatable bonds is 56. The Bertz CT molecular complexity index is 1840. The third-order valence-corrected chi connectivity index (χ3v) is 18.1. The Morgan fingerprint density at radius 2 is 0.703 bits per heavy atom. The highest BCUT2D eigenvalue weighted by Crippen LogP contribution is 2.33. The van der Waals surface area contributed by atoms with E-state index in [-0.39, 0.29) is 18.9 Å². The number of nitrogens with one attached hydrogen (secondary N) is 1. The van der Waals surface area contributed by atoms with Crippen molar-refractivity contribution in [3.8, 4) is 0 Å². The Balaban J connectivity index is 1.44. The number of carbonyl (C=O) groups excluding carboxylic acids is 1. The first kappa shape index (κ1) is 83.0. The summed E-state index contributed by atoms with van der Waals surface area (Å²) in [6, 6.07) is -0.997. The van der Waals surface area contributed by atoms with Gasteiger partial charge in [0.15, 0.2) is 18.9 Å². The Morgan fingerprint density at radius 1 is 0.385 bits per heavy atom. The molecule has 3 fully saturated rings. The molecular weight excluding hydrogens is 1170 g/mol. The lowest BCUT2D eigenvalue weighted by atomic mass is 9.96. The van der Waals surface area contributed by atoms with Gasteiger partial charge in [-0.05, 0) is 70.6 Å². The van der Waals surface area contributed by atoms with E-state index in [1.807, 2.05) is 6.08 Å². The zero-order valence-corrected chi connectivity index (χ0v) is 56.3. The van der Waals surface area contributed by atoms with E-state index in [0.717, 1.165) is 44.9 Å². The summed E-state index contributed by atoms with van der Waals surface area (Å²) in [6.45, 7) is 1.73. The minimum atomic E-state index is -1.98. The summed E-state index contributed by atoms with van der Waals surface area (Å²) in [7, 11) is 0. The molecule has 0 aromatic heterocycles. The number of hydrogen-bond donors (Lipinski definition) is 12. The standard InChI is InChI=1S/C72H131NO18/c1-3-5-7-9-11-13-15-17-19-21-23-25-26-27-28-30-32-34-36-38-40-42-44-46-48-50-60(78)73-55(56(77)49-47-45-43-41-39-37-35-33-31-29-24-22-20-18-16-14-12-10-8-6-4-2)54-86-70-66(84)63(81)68(58(52-75)88-70)91-72-67(85)64(82)69(59(53-76)89-72)90-71-65(83)62(80)61(79)57(51-74)87-71/h21,23,31,33,39,41,47,49,55-59,61-72,74-77,79-85H,3-20,22,24-30,32,34-38,40,42-46,48,50-54H2,1-2H3,(H,73,78)/b23-21-,33-31+,41-39+,49-47+. The fourth-order valence-corrected chi connectivity index (χ4v) is 12.2. The molecule has 19 nitrogen and oxygen atoms in total. The van der Waals surface area contributed by atoms with Crippen LogP contribution in [0.25, 0.3) is 0 Å². The van der Waals surface area contributed by atoms with Gasteiger partial charge in [-0.15, -0.1) is 0 Å². The number of unbranched alkanes of at least 4 members (excludes halogenated alkanes) is 34. The molecule has 0 aliphatic carbocycles. The first-order chi connectivity index (χ1) is 44.3. The molecule has 3 saturated heterocycles. The van der Waals surface area contributed by atoms with Crippen LogP contribution in [0.2, 0.25) is 0 Å². The molecule has 0 radical (unpaired) electrons. The monoisotopic (exact) mass is 1300 g/mol. The van der Waals surface area contributed by atoms with Gasteiger partial charge in [0, 0.05) is 6.42 Å². The minimum Gasteiger partial charge on any atom is -0.394 e. The van der Waals surface area contributed by atoms with Crippen LogP contribution in [0.4, 0.5) is 0 Å². The zero-order valence-electron chi connectivity index (χ0n) is 56.3. The lowest BCUT2D eigenvalue weighted by Crippen LogP contribution is -2.66. The van der Waals surface area contributed by atoms with Crippen molar-refractivity contribution in [3.63, 3.8) is 0 Å². The highest BCUT2D eigenvalue weighted by atomic mass is 16.8. The van der Waals surface area contributed by atoms with Crippen molar-refractivity contribution in [3.05, 3.63) is 48.6 Å². The fourth-order valence-electron chi connectivity index (χ4n) is 12.2. The van der Waals surface area contributed by atoms with Crippen molar-refractivity contribution in [2.24, 2.45) is 0 Å². The van der Waals surface area contributed by atoms with Gasteiger partial charge < -0.3 is 89.9 Å². The summed E-state index contributed by atoms with van der Waals surface area (Å²) in [6.07, 6.45) is 38.0. The van der Waals surface area contributed by atoms with Crippen molar-refractivity contribution in [1.29, 1.82) is 0 Å². The Labute approximate surface area is 548 Å². The van der Waals surface area contributed by atoms with Crippen LogP contribution in [0, 0.1) is 0 Å². The Kier molecular flexibility index (Phi) is 49.1. The molecule has 19 heteroatoms. The van der Waals surface area contributed by atoms with Crippen LogP contribution in [-0.4, -0.2) is 193 Å². The number of hydrogen-bond acceptors (Lipinski definition) is 18. The normalized spacial score (nSPS) is 28.1. The van der Waals surface area contributed by atoms with Crippen LogP contribution in [0.1, 0.15) is 271 Å². The molecule has 0 saturated carbocycles. The van der Waals surface area contributed by atoms with Crippen LogP contribution in [0.5, 0.6) is 0 Å². The van der Waals surface area contributed by atoms with Crippen LogP contribution in [0.15, 0.2) is 48.6 Å². The lowest BCUT2D eigenvalue weighted by Gasteiger charge is -2.48. The zero-order chi connectivity index (χ0) is 66.1. The molecule has 0 spiro atoms. The van der Waals surface area contributed by atoms with E-state index in [9.17, 15) is 61.0 Å². The molecule has 0 aromatic carbocycles. The maximum atomic E-state index is 13.4. The van der Waals surface area contributed by atoms with Gasteiger partial charge in [0.05, 0.1) is 38.6 Å². The van der Waals surface area contributed by atoms with E-state index < -0.39 is 124 Å². The smallest absolute Gasteiger partial charge is 0.220 e. The predicted molar refractivity (Wildman–Crippen MR) is 356 cm³/mol. The van der Waals surface area contributed by atoms with E-state index >= 15 is 0 Å². The summed E-state index contributed by atoms with van der Waals surface area (Å²) in [5.41, 5.74) is 0. The largest absolute Gasteiger partial charge is 0.394 e. The molecule has 0 bridgehead atoms. The third kappa shape index (κ3) is 35.5. The molecule has 17 unspecified atom stereocenters. The number of aliphatic hydroxyl groups excluding tert-OH is 11. The quantitative estimate of drug-likeness (QED) is 0.0199. The Hall–Kier alpha value is -2.25. The molecule has 3 aliphatic heterocycles. The van der Waals surface area contributed by atoms with E-state index in [1.54, 1.807) is 6.08 Å². The first-order valence-corrected chi connectivity index (χ1v) is 36.4. The van der Waals surface area contributed by atoms with Crippen LogP contribution >= 0.6 is 0 Å². The van der Waals surface area contributed by atoms with Gasteiger partial charge in [-0.3, -0.25) is 4.79 Å². The molecule has 3 aliphatic rings. The van der Waals surface area contributed by atoms with Gasteiger partial charge in [0.1, 0.15) is 73.2 Å². The molecule has 0 aromatic rings. The summed E-state index contributed by atoms with van der Waals surface area (Å²) in [5.74, 6) is -0.288. The number of amides is 1. The average Bonchev–Trinajstić information content (AvgIpc) is 0.883. The maximum absolute atomic E-state index is 13.4. The van der Waals surface area contributed by atoms with Crippen molar-refractivity contribution in [2.45, 2.75) is 375 Å². The summed E-state index contributed by atoms with van der Waals surface area (Å²) in [5, 5.41) is 121. The van der Waals surface area contributed by atoms with Crippen molar-refractivity contribution >= 4 is 5.91 Å². The fraction of sp³-hybridized carbons (Fsp3) is 0.875.